The number of hydrazone groups is 1. The van der Waals surface area contributed by atoms with Crippen LogP contribution in [0.15, 0.2) is 46.4 Å². The summed E-state index contributed by atoms with van der Waals surface area (Å²) >= 11 is 0. The molecule has 35 heavy (non-hydrogen) atoms. The van der Waals surface area contributed by atoms with Gasteiger partial charge in [0.2, 0.25) is 10.0 Å². The molecular formula is C24H34N4O6S. The topological polar surface area (TPSA) is 123 Å². The van der Waals surface area contributed by atoms with Crippen LogP contribution in [0.4, 0.5) is 11.4 Å². The third kappa shape index (κ3) is 7.15. The van der Waals surface area contributed by atoms with Gasteiger partial charge in [0.25, 0.3) is 5.69 Å². The fraction of sp³-hybridized carbons (Fsp3) is 0.458. The summed E-state index contributed by atoms with van der Waals surface area (Å²) in [5.41, 5.74) is 3.93. The molecule has 10 nitrogen and oxygen atoms in total. The summed E-state index contributed by atoms with van der Waals surface area (Å²) in [7, 11) is -3.97. The van der Waals surface area contributed by atoms with Crippen LogP contribution in [0, 0.1) is 10.1 Å². The lowest BCUT2D eigenvalue weighted by molar-refractivity contribution is -0.385. The highest BCUT2D eigenvalue weighted by Crippen LogP contribution is 2.31. The van der Waals surface area contributed by atoms with E-state index in [2.05, 4.69) is 10.5 Å². The van der Waals surface area contributed by atoms with Crippen LogP contribution in [0.1, 0.15) is 53.0 Å². The van der Waals surface area contributed by atoms with Gasteiger partial charge in [0.1, 0.15) is 4.90 Å². The van der Waals surface area contributed by atoms with E-state index < -0.39 is 14.9 Å². The minimum absolute atomic E-state index is 0.146. The maximum Gasteiger partial charge on any atom is 0.270 e. The summed E-state index contributed by atoms with van der Waals surface area (Å²) in [5, 5.41) is 15.6. The van der Waals surface area contributed by atoms with Gasteiger partial charge >= 0.3 is 0 Å². The molecule has 0 saturated carbocycles. The minimum Gasteiger partial charge on any atom is -0.490 e. The van der Waals surface area contributed by atoms with Crippen molar-refractivity contribution < 1.29 is 22.8 Å². The van der Waals surface area contributed by atoms with E-state index in [4.69, 9.17) is 9.47 Å². The maximum atomic E-state index is 13.2. The number of ether oxygens (including phenoxy) is 2. The zero-order valence-electron chi connectivity index (χ0n) is 20.9. The zero-order chi connectivity index (χ0) is 26.0. The smallest absolute Gasteiger partial charge is 0.270 e. The molecule has 0 bridgehead atoms. The van der Waals surface area contributed by atoms with Gasteiger partial charge in [-0.3, -0.25) is 15.5 Å². The van der Waals surface area contributed by atoms with Crippen molar-refractivity contribution in [3.63, 3.8) is 0 Å². The van der Waals surface area contributed by atoms with Gasteiger partial charge in [0.05, 0.1) is 29.5 Å². The first kappa shape index (κ1) is 28.1. The molecule has 11 heteroatoms. The Morgan fingerprint density at radius 2 is 1.63 bits per heavy atom. The van der Waals surface area contributed by atoms with Crippen LogP contribution in [0.2, 0.25) is 0 Å². The highest BCUT2D eigenvalue weighted by Gasteiger charge is 2.27. The molecule has 0 aliphatic heterocycles. The van der Waals surface area contributed by atoms with Crippen molar-refractivity contribution in [1.82, 2.24) is 4.31 Å². The monoisotopic (exact) mass is 506 g/mol. The first-order valence-corrected chi connectivity index (χ1v) is 13.1. The van der Waals surface area contributed by atoms with Crippen molar-refractivity contribution >= 4 is 27.1 Å². The number of rotatable bonds is 14. The standard InChI is InChI=1S/C24H34N4O6S/c1-6-14-33-22-13-10-19(16-23(22)34-15-7-2)18(5)25-26-21-12-11-20(28(29)30)17-24(21)35(31,32)27(8-3)9-4/h10-13,16-17,26H,6-9,14-15H2,1-5H3. The van der Waals surface area contributed by atoms with E-state index in [1.165, 1.54) is 16.4 Å². The number of hydrogen-bond donors (Lipinski definition) is 1. The second kappa shape index (κ2) is 13.1. The quantitative estimate of drug-likeness (QED) is 0.216. The Labute approximate surface area is 207 Å². The van der Waals surface area contributed by atoms with E-state index in [0.29, 0.717) is 30.4 Å². The molecule has 0 heterocycles. The third-order valence-corrected chi connectivity index (χ3v) is 7.22. The predicted octanol–water partition coefficient (Wildman–Crippen LogP) is 5.04. The van der Waals surface area contributed by atoms with Crippen molar-refractivity contribution in [1.29, 1.82) is 0 Å². The Balaban J connectivity index is 2.43. The molecule has 0 radical (unpaired) electrons. The first-order chi connectivity index (χ1) is 16.7. The lowest BCUT2D eigenvalue weighted by atomic mass is 10.1. The highest BCUT2D eigenvalue weighted by atomic mass is 32.2. The van der Waals surface area contributed by atoms with Crippen LogP contribution in [0.5, 0.6) is 11.5 Å². The molecule has 0 aromatic heterocycles. The van der Waals surface area contributed by atoms with E-state index in [0.717, 1.165) is 24.5 Å². The number of benzene rings is 2. The van der Waals surface area contributed by atoms with Crippen molar-refractivity contribution in [3.8, 4) is 11.5 Å². The Morgan fingerprint density at radius 3 is 2.20 bits per heavy atom. The van der Waals surface area contributed by atoms with Crippen molar-refractivity contribution in [2.24, 2.45) is 5.10 Å². The largest absolute Gasteiger partial charge is 0.490 e. The van der Waals surface area contributed by atoms with Crippen molar-refractivity contribution in [2.75, 3.05) is 31.7 Å². The molecule has 0 fully saturated rings. The van der Waals surface area contributed by atoms with Gasteiger partial charge in [0.15, 0.2) is 11.5 Å². The summed E-state index contributed by atoms with van der Waals surface area (Å²) < 4.78 is 39.2. The van der Waals surface area contributed by atoms with Crippen LogP contribution < -0.4 is 14.9 Å². The van der Waals surface area contributed by atoms with Gasteiger partial charge in [-0.2, -0.15) is 9.41 Å². The number of nitrogens with zero attached hydrogens (tertiary/aromatic N) is 3. The number of nitro groups is 1. The van der Waals surface area contributed by atoms with Gasteiger partial charge < -0.3 is 9.47 Å². The van der Waals surface area contributed by atoms with Crippen LogP contribution in [-0.2, 0) is 10.0 Å². The second-order valence-electron chi connectivity index (χ2n) is 7.69. The third-order valence-electron chi connectivity index (χ3n) is 5.13. The van der Waals surface area contributed by atoms with Gasteiger partial charge in [-0.05, 0) is 44.0 Å². The lowest BCUT2D eigenvalue weighted by Crippen LogP contribution is -2.31. The Morgan fingerprint density at radius 1 is 1.00 bits per heavy atom. The van der Waals surface area contributed by atoms with E-state index in [1.807, 2.05) is 32.0 Å². The number of hydrogen-bond acceptors (Lipinski definition) is 8. The lowest BCUT2D eigenvalue weighted by Gasteiger charge is -2.20. The first-order valence-electron chi connectivity index (χ1n) is 11.7. The zero-order valence-corrected chi connectivity index (χ0v) is 21.7. The van der Waals surface area contributed by atoms with E-state index >= 15 is 0 Å². The molecule has 0 unspecified atom stereocenters. The Hall–Kier alpha value is -3.18. The van der Waals surface area contributed by atoms with Gasteiger partial charge in [-0.15, -0.1) is 0 Å². The summed E-state index contributed by atoms with van der Waals surface area (Å²) in [5.74, 6) is 1.25. The molecule has 1 N–H and O–H groups in total. The minimum atomic E-state index is -3.97. The molecule has 0 amide bonds. The van der Waals surface area contributed by atoms with E-state index in [-0.39, 0.29) is 29.4 Å². The summed E-state index contributed by atoms with van der Waals surface area (Å²) in [6.07, 6.45) is 1.71. The Kier molecular flexibility index (Phi) is 10.5. The molecule has 0 spiro atoms. The van der Waals surface area contributed by atoms with Gasteiger partial charge in [-0.1, -0.05) is 27.7 Å². The number of nitrogens with one attached hydrogen (secondary N) is 1. The van der Waals surface area contributed by atoms with Gasteiger partial charge in [-0.25, -0.2) is 8.42 Å². The average molecular weight is 507 g/mol. The molecule has 2 aromatic rings. The Bertz CT molecular complexity index is 1150. The van der Waals surface area contributed by atoms with E-state index in [1.54, 1.807) is 20.8 Å². The summed E-state index contributed by atoms with van der Waals surface area (Å²) in [6.45, 7) is 10.8. The van der Waals surface area contributed by atoms with Crippen molar-refractivity contribution in [2.45, 2.75) is 52.4 Å². The van der Waals surface area contributed by atoms with Crippen LogP contribution >= 0.6 is 0 Å². The van der Waals surface area contributed by atoms with E-state index in [9.17, 15) is 18.5 Å². The van der Waals surface area contributed by atoms with Crippen LogP contribution in [0.25, 0.3) is 0 Å². The summed E-state index contributed by atoms with van der Waals surface area (Å²) in [4.78, 5) is 10.4. The fourth-order valence-electron chi connectivity index (χ4n) is 3.23. The average Bonchev–Trinajstić information content (AvgIpc) is 2.85. The molecule has 0 saturated heterocycles. The molecule has 0 atom stereocenters. The maximum absolute atomic E-state index is 13.2. The normalized spacial score (nSPS) is 12.0. The van der Waals surface area contributed by atoms with Crippen molar-refractivity contribution in [3.05, 3.63) is 52.1 Å². The van der Waals surface area contributed by atoms with Crippen LogP contribution in [0.3, 0.4) is 0 Å². The van der Waals surface area contributed by atoms with Crippen LogP contribution in [-0.4, -0.2) is 49.7 Å². The SMILES string of the molecule is CCCOc1ccc(C(C)=NNc2ccc([N+](=O)[O-])cc2S(=O)(=O)N(CC)CC)cc1OCCC. The van der Waals surface area contributed by atoms with Gasteiger partial charge in [0, 0.05) is 30.8 Å². The summed E-state index contributed by atoms with van der Waals surface area (Å²) in [6, 6.07) is 9.13. The molecule has 2 rings (SSSR count). The predicted molar refractivity (Wildman–Crippen MR) is 137 cm³/mol. The highest BCUT2D eigenvalue weighted by molar-refractivity contribution is 7.89. The molecule has 192 valence electrons. The number of nitro benzene ring substituents is 1. The molecule has 2 aromatic carbocycles. The number of anilines is 1. The molecule has 0 aliphatic carbocycles. The number of non-ortho nitro benzene ring substituents is 1. The molecule has 0 aliphatic rings. The second-order valence-corrected chi connectivity index (χ2v) is 9.60. The molecular weight excluding hydrogens is 472 g/mol. The number of sulfonamides is 1. The fourth-order valence-corrected chi connectivity index (χ4v) is 4.85.